The number of nitrogens with one attached hydrogen (secondary N) is 1. The second-order valence-electron chi connectivity index (χ2n) is 7.55. The minimum Gasteiger partial charge on any atom is -0.388 e. The maximum absolute atomic E-state index is 12.1. The highest BCUT2D eigenvalue weighted by atomic mass is 16.3. The molecule has 3 aliphatic carbocycles. The van der Waals surface area contributed by atoms with Gasteiger partial charge in [0.25, 0.3) is 0 Å². The van der Waals surface area contributed by atoms with Gasteiger partial charge in [0.1, 0.15) is 0 Å². The Morgan fingerprint density at radius 1 is 1.10 bits per heavy atom. The van der Waals surface area contributed by atoms with Crippen LogP contribution < -0.4 is 5.32 Å². The smallest absolute Gasteiger partial charge is 0.220 e. The van der Waals surface area contributed by atoms with Gasteiger partial charge in [0.15, 0.2) is 0 Å². The van der Waals surface area contributed by atoms with Crippen LogP contribution in [0.2, 0.25) is 0 Å². The van der Waals surface area contributed by atoms with Crippen molar-refractivity contribution >= 4 is 5.91 Å². The van der Waals surface area contributed by atoms with E-state index in [-0.39, 0.29) is 5.91 Å². The normalized spacial score (nSPS) is 35.8. The highest BCUT2D eigenvalue weighted by molar-refractivity contribution is 5.76. The molecule has 3 atom stereocenters. The Balaban J connectivity index is 1.42. The van der Waals surface area contributed by atoms with Crippen LogP contribution in [0.15, 0.2) is 0 Å². The Morgan fingerprint density at radius 2 is 1.85 bits per heavy atom. The first-order valence-corrected chi connectivity index (χ1v) is 8.64. The van der Waals surface area contributed by atoms with Crippen LogP contribution in [0.4, 0.5) is 0 Å². The minimum atomic E-state index is -0.638. The summed E-state index contributed by atoms with van der Waals surface area (Å²) in [5, 5.41) is 13.6. The lowest BCUT2D eigenvalue weighted by Crippen LogP contribution is -2.43. The maximum atomic E-state index is 12.1. The van der Waals surface area contributed by atoms with E-state index >= 15 is 0 Å². The van der Waals surface area contributed by atoms with Crippen LogP contribution in [-0.4, -0.2) is 23.2 Å². The van der Waals surface area contributed by atoms with Crippen molar-refractivity contribution in [2.75, 3.05) is 6.54 Å². The van der Waals surface area contributed by atoms with Gasteiger partial charge in [-0.15, -0.1) is 0 Å². The molecule has 3 fully saturated rings. The van der Waals surface area contributed by atoms with Crippen molar-refractivity contribution < 1.29 is 9.90 Å². The Labute approximate surface area is 122 Å². The van der Waals surface area contributed by atoms with E-state index in [2.05, 4.69) is 5.32 Å². The molecule has 0 heterocycles. The molecule has 20 heavy (non-hydrogen) atoms. The van der Waals surface area contributed by atoms with Gasteiger partial charge in [-0.05, 0) is 49.9 Å². The quantitative estimate of drug-likeness (QED) is 0.777. The van der Waals surface area contributed by atoms with E-state index in [1.165, 1.54) is 38.5 Å². The number of hydrogen-bond donors (Lipinski definition) is 2. The SMILES string of the molecule is O=C(CC1CC2CCC1C2)NCC1(O)CCCCCC1. The molecule has 1 amide bonds. The predicted molar refractivity (Wildman–Crippen MR) is 79.2 cm³/mol. The monoisotopic (exact) mass is 279 g/mol. The molecule has 2 bridgehead atoms. The number of rotatable bonds is 4. The van der Waals surface area contributed by atoms with Crippen molar-refractivity contribution in [3.8, 4) is 0 Å². The summed E-state index contributed by atoms with van der Waals surface area (Å²) in [7, 11) is 0. The number of amides is 1. The standard InChI is InChI=1S/C17H29NO2/c19-16(11-15-10-13-5-6-14(15)9-13)18-12-17(20)7-3-1-2-4-8-17/h13-15,20H,1-12H2,(H,18,19). The van der Waals surface area contributed by atoms with Crippen molar-refractivity contribution in [2.24, 2.45) is 17.8 Å². The van der Waals surface area contributed by atoms with Crippen LogP contribution in [0.1, 0.15) is 70.6 Å². The van der Waals surface area contributed by atoms with Gasteiger partial charge in [-0.2, -0.15) is 0 Å². The third kappa shape index (κ3) is 3.36. The molecule has 3 rings (SSSR count). The molecule has 3 saturated carbocycles. The van der Waals surface area contributed by atoms with E-state index in [9.17, 15) is 9.90 Å². The van der Waals surface area contributed by atoms with Gasteiger partial charge in [0, 0.05) is 13.0 Å². The number of aliphatic hydroxyl groups is 1. The molecule has 0 aromatic rings. The van der Waals surface area contributed by atoms with Crippen molar-refractivity contribution in [1.29, 1.82) is 0 Å². The van der Waals surface area contributed by atoms with Crippen LogP contribution in [-0.2, 0) is 4.79 Å². The molecule has 0 aromatic carbocycles. The van der Waals surface area contributed by atoms with Gasteiger partial charge in [-0.25, -0.2) is 0 Å². The second kappa shape index (κ2) is 6.05. The Hall–Kier alpha value is -0.570. The summed E-state index contributed by atoms with van der Waals surface area (Å²) in [5.41, 5.74) is -0.638. The van der Waals surface area contributed by atoms with Gasteiger partial charge < -0.3 is 10.4 Å². The molecule has 3 unspecified atom stereocenters. The average molecular weight is 279 g/mol. The number of hydrogen-bond acceptors (Lipinski definition) is 2. The molecule has 3 heteroatoms. The number of carbonyl (C=O) groups is 1. The largest absolute Gasteiger partial charge is 0.388 e. The van der Waals surface area contributed by atoms with Gasteiger partial charge in [-0.1, -0.05) is 32.1 Å². The predicted octanol–water partition coefficient (Wildman–Crippen LogP) is 3.01. The zero-order valence-electron chi connectivity index (χ0n) is 12.6. The fourth-order valence-corrected chi connectivity index (χ4v) is 4.76. The van der Waals surface area contributed by atoms with Gasteiger partial charge in [0.05, 0.1) is 5.60 Å². The third-order valence-corrected chi connectivity index (χ3v) is 5.98. The molecule has 114 valence electrons. The summed E-state index contributed by atoms with van der Waals surface area (Å²) < 4.78 is 0. The maximum Gasteiger partial charge on any atom is 0.220 e. The lowest BCUT2D eigenvalue weighted by Gasteiger charge is -2.27. The fraction of sp³-hybridized carbons (Fsp3) is 0.941. The van der Waals surface area contributed by atoms with Crippen LogP contribution >= 0.6 is 0 Å². The first-order chi connectivity index (χ1) is 9.65. The number of fused-ring (bicyclic) bond motifs is 2. The first kappa shape index (κ1) is 14.4. The molecule has 0 aromatic heterocycles. The highest BCUT2D eigenvalue weighted by Crippen LogP contribution is 2.49. The second-order valence-corrected chi connectivity index (χ2v) is 7.55. The molecular weight excluding hydrogens is 250 g/mol. The summed E-state index contributed by atoms with van der Waals surface area (Å²) in [6, 6.07) is 0. The van der Waals surface area contributed by atoms with Crippen LogP contribution in [0, 0.1) is 17.8 Å². The van der Waals surface area contributed by atoms with Crippen molar-refractivity contribution in [3.05, 3.63) is 0 Å². The topological polar surface area (TPSA) is 49.3 Å². The summed E-state index contributed by atoms with van der Waals surface area (Å²) in [6.07, 6.45) is 12.4. The summed E-state index contributed by atoms with van der Waals surface area (Å²) in [4.78, 5) is 12.1. The van der Waals surface area contributed by atoms with Crippen molar-refractivity contribution in [2.45, 2.75) is 76.2 Å². The van der Waals surface area contributed by atoms with Crippen LogP contribution in [0.3, 0.4) is 0 Å². The Morgan fingerprint density at radius 3 is 2.45 bits per heavy atom. The Bertz CT molecular complexity index is 347. The molecule has 0 aliphatic heterocycles. The van der Waals surface area contributed by atoms with E-state index in [1.54, 1.807) is 0 Å². The van der Waals surface area contributed by atoms with Gasteiger partial charge in [-0.3, -0.25) is 4.79 Å². The van der Waals surface area contributed by atoms with E-state index in [0.29, 0.717) is 18.9 Å². The molecule has 3 aliphatic rings. The number of carbonyl (C=O) groups excluding carboxylic acids is 1. The molecule has 2 N–H and O–H groups in total. The minimum absolute atomic E-state index is 0.167. The van der Waals surface area contributed by atoms with E-state index in [4.69, 9.17) is 0 Å². The fourth-order valence-electron chi connectivity index (χ4n) is 4.76. The zero-order chi connectivity index (χ0) is 14.0. The highest BCUT2D eigenvalue weighted by Gasteiger charge is 2.40. The van der Waals surface area contributed by atoms with Crippen molar-refractivity contribution in [3.63, 3.8) is 0 Å². The molecule has 0 radical (unpaired) electrons. The Kier molecular flexibility index (Phi) is 4.34. The third-order valence-electron chi connectivity index (χ3n) is 5.98. The van der Waals surface area contributed by atoms with E-state index in [1.807, 2.05) is 0 Å². The van der Waals surface area contributed by atoms with Crippen LogP contribution in [0.25, 0.3) is 0 Å². The lowest BCUT2D eigenvalue weighted by molar-refractivity contribution is -0.123. The average Bonchev–Trinajstić information content (AvgIpc) is 2.97. The molecular formula is C17H29NO2. The molecule has 0 saturated heterocycles. The molecule has 0 spiro atoms. The summed E-state index contributed by atoms with van der Waals surface area (Å²) in [5.74, 6) is 2.51. The van der Waals surface area contributed by atoms with E-state index in [0.717, 1.165) is 37.5 Å². The zero-order valence-corrected chi connectivity index (χ0v) is 12.6. The first-order valence-electron chi connectivity index (χ1n) is 8.64. The summed E-state index contributed by atoms with van der Waals surface area (Å²) >= 11 is 0. The van der Waals surface area contributed by atoms with Crippen molar-refractivity contribution in [1.82, 2.24) is 5.32 Å². The van der Waals surface area contributed by atoms with Gasteiger partial charge >= 0.3 is 0 Å². The molecule has 3 nitrogen and oxygen atoms in total. The lowest BCUT2D eigenvalue weighted by atomic mass is 9.86. The van der Waals surface area contributed by atoms with E-state index < -0.39 is 5.60 Å². The summed E-state index contributed by atoms with van der Waals surface area (Å²) in [6.45, 7) is 0.465. The van der Waals surface area contributed by atoms with Gasteiger partial charge in [0.2, 0.25) is 5.91 Å². The van der Waals surface area contributed by atoms with Crippen LogP contribution in [0.5, 0.6) is 0 Å².